The number of benzene rings is 2. The summed E-state index contributed by atoms with van der Waals surface area (Å²) in [6.07, 6.45) is -8.29. The van der Waals surface area contributed by atoms with Crippen LogP contribution in [0.1, 0.15) is 60.1 Å². The lowest BCUT2D eigenvalue weighted by atomic mass is 9.82. The van der Waals surface area contributed by atoms with Gasteiger partial charge >= 0.3 is 12.4 Å². The minimum atomic E-state index is -5.00. The summed E-state index contributed by atoms with van der Waals surface area (Å²) >= 11 is 0. The van der Waals surface area contributed by atoms with E-state index < -0.39 is 53.5 Å². The Hall–Kier alpha value is -3.48. The molecule has 5 atom stereocenters. The number of nitrogens with zero attached hydrogens (tertiary/aromatic N) is 4. The monoisotopic (exact) mass is 556 g/mol. The summed E-state index contributed by atoms with van der Waals surface area (Å²) in [6, 6.07) is 6.16. The third-order valence-electron chi connectivity index (χ3n) is 7.41. The molecule has 2 aliphatic rings. The highest BCUT2D eigenvalue weighted by Crippen LogP contribution is 2.47. The van der Waals surface area contributed by atoms with Crippen LogP contribution in [-0.2, 0) is 21.9 Å². The van der Waals surface area contributed by atoms with Crippen molar-refractivity contribution in [1.29, 1.82) is 0 Å². The number of hydrogen-bond acceptors (Lipinski definition) is 4. The second-order valence-electron chi connectivity index (χ2n) is 9.79. The normalized spacial score (nSPS) is 24.6. The zero-order valence-electron chi connectivity index (χ0n) is 20.5. The Labute approximate surface area is 218 Å². The quantitative estimate of drug-likeness (QED) is 0.366. The molecule has 208 valence electrons. The molecule has 0 bridgehead atoms. The predicted octanol–water partition coefficient (Wildman–Crippen LogP) is 5.93. The van der Waals surface area contributed by atoms with Crippen LogP contribution in [0.2, 0.25) is 0 Å². The summed E-state index contributed by atoms with van der Waals surface area (Å²) in [5, 5.41) is 7.70. The predicted molar refractivity (Wildman–Crippen MR) is 123 cm³/mol. The molecule has 0 aliphatic carbocycles. The summed E-state index contributed by atoms with van der Waals surface area (Å²) in [7, 11) is 0. The molecule has 2 fully saturated rings. The van der Waals surface area contributed by atoms with Crippen molar-refractivity contribution in [2.45, 2.75) is 62.3 Å². The van der Waals surface area contributed by atoms with Crippen molar-refractivity contribution in [3.8, 4) is 0 Å². The first-order valence-corrected chi connectivity index (χ1v) is 12.2. The van der Waals surface area contributed by atoms with Crippen LogP contribution in [0.5, 0.6) is 0 Å². The first kappa shape index (κ1) is 27.1. The molecule has 39 heavy (non-hydrogen) atoms. The largest absolute Gasteiger partial charge is 0.416 e. The Morgan fingerprint density at radius 2 is 1.54 bits per heavy atom. The number of amides is 1. The Morgan fingerprint density at radius 3 is 2.10 bits per heavy atom. The molecule has 0 radical (unpaired) electrons. The Morgan fingerprint density at radius 1 is 0.949 bits per heavy atom. The number of ether oxygens (including phenoxy) is 1. The zero-order chi connectivity index (χ0) is 28.1. The molecule has 5 rings (SSSR count). The second kappa shape index (κ2) is 9.92. The minimum absolute atomic E-state index is 0.0552. The minimum Gasteiger partial charge on any atom is -0.368 e. The molecular weight excluding hydrogens is 533 g/mol. The van der Waals surface area contributed by atoms with Crippen LogP contribution in [0.25, 0.3) is 0 Å². The molecule has 3 aromatic rings. The van der Waals surface area contributed by atoms with Crippen LogP contribution >= 0.6 is 0 Å². The standard InChI is InChI=1S/C26H23F7N4O2/c1-14(16-8-17(25(28,29)30)10-18(9-16)26(31,32)33)39-21-11-37-22(38)7-6-20(36-12-34-35-13-36)24(37)23(21)15-2-4-19(27)5-3-15/h2-5,8-10,12-14,20-21,23-24H,6-7,11H2,1H3/t14-,20?,21+,23-,24?/m1/s1. The number of rotatable bonds is 5. The van der Waals surface area contributed by atoms with Crippen molar-refractivity contribution in [1.82, 2.24) is 19.7 Å². The van der Waals surface area contributed by atoms with E-state index >= 15 is 0 Å². The lowest BCUT2D eigenvalue weighted by Gasteiger charge is -2.39. The number of fused-ring (bicyclic) bond motifs is 1. The van der Waals surface area contributed by atoms with Gasteiger partial charge in [-0.05, 0) is 54.8 Å². The number of carbonyl (C=O) groups excluding carboxylic acids is 1. The fourth-order valence-corrected chi connectivity index (χ4v) is 5.63. The number of alkyl halides is 6. The van der Waals surface area contributed by atoms with E-state index in [1.165, 1.54) is 31.7 Å². The van der Waals surface area contributed by atoms with Gasteiger partial charge in [0.2, 0.25) is 5.91 Å². The average Bonchev–Trinajstić information content (AvgIpc) is 3.53. The first-order valence-electron chi connectivity index (χ1n) is 12.2. The molecule has 1 aromatic heterocycles. The number of aromatic nitrogens is 3. The highest BCUT2D eigenvalue weighted by atomic mass is 19.4. The van der Waals surface area contributed by atoms with Gasteiger partial charge in [0.15, 0.2) is 0 Å². The number of carbonyl (C=O) groups is 1. The van der Waals surface area contributed by atoms with Crippen molar-refractivity contribution in [3.63, 3.8) is 0 Å². The van der Waals surface area contributed by atoms with E-state index in [0.717, 1.165) is 0 Å². The third kappa shape index (κ3) is 5.36. The van der Waals surface area contributed by atoms with E-state index in [4.69, 9.17) is 4.74 Å². The van der Waals surface area contributed by atoms with Crippen LogP contribution in [0, 0.1) is 5.82 Å². The van der Waals surface area contributed by atoms with Gasteiger partial charge in [0, 0.05) is 18.9 Å². The molecule has 0 saturated carbocycles. The molecule has 1 amide bonds. The summed E-state index contributed by atoms with van der Waals surface area (Å²) in [4.78, 5) is 14.6. The summed E-state index contributed by atoms with van der Waals surface area (Å²) in [5.74, 6) is -1.20. The van der Waals surface area contributed by atoms with Crippen molar-refractivity contribution in [3.05, 3.63) is 83.2 Å². The van der Waals surface area contributed by atoms with E-state index in [-0.39, 0.29) is 36.5 Å². The molecular formula is C26H23F7N4O2. The second-order valence-corrected chi connectivity index (χ2v) is 9.79. The van der Waals surface area contributed by atoms with Gasteiger partial charge in [-0.1, -0.05) is 12.1 Å². The number of hydrogen-bond donors (Lipinski definition) is 0. The lowest BCUT2D eigenvalue weighted by Crippen LogP contribution is -2.47. The topological polar surface area (TPSA) is 60.2 Å². The number of piperidine rings is 1. The molecule has 2 unspecified atom stereocenters. The number of halogens is 7. The SMILES string of the molecule is C[C@@H](O[C@H]1CN2C(=O)CCC(n3cnnc3)C2[C@@H]1c1ccc(F)cc1)c1cc(C(F)(F)F)cc(C(F)(F)F)c1. The highest BCUT2D eigenvalue weighted by Gasteiger charge is 2.52. The molecule has 13 heteroatoms. The molecule has 6 nitrogen and oxygen atoms in total. The summed E-state index contributed by atoms with van der Waals surface area (Å²) in [6.45, 7) is 1.42. The highest BCUT2D eigenvalue weighted by molar-refractivity contribution is 5.78. The first-order chi connectivity index (χ1) is 18.3. The fourth-order valence-electron chi connectivity index (χ4n) is 5.63. The molecule has 2 aliphatic heterocycles. The molecule has 2 aromatic carbocycles. The van der Waals surface area contributed by atoms with Crippen LogP contribution in [0.4, 0.5) is 30.7 Å². The van der Waals surface area contributed by atoms with Crippen LogP contribution in [0.15, 0.2) is 55.1 Å². The van der Waals surface area contributed by atoms with E-state index in [9.17, 15) is 35.5 Å². The van der Waals surface area contributed by atoms with E-state index in [1.807, 2.05) is 0 Å². The van der Waals surface area contributed by atoms with E-state index in [2.05, 4.69) is 10.2 Å². The van der Waals surface area contributed by atoms with Gasteiger partial charge in [-0.15, -0.1) is 10.2 Å². The van der Waals surface area contributed by atoms with Gasteiger partial charge in [0.05, 0.1) is 35.4 Å². The zero-order valence-corrected chi connectivity index (χ0v) is 20.5. The molecule has 0 N–H and O–H groups in total. The maximum atomic E-state index is 13.8. The van der Waals surface area contributed by atoms with Gasteiger partial charge in [-0.2, -0.15) is 26.3 Å². The summed E-state index contributed by atoms with van der Waals surface area (Å²) < 4.78 is 102. The van der Waals surface area contributed by atoms with Gasteiger partial charge < -0.3 is 14.2 Å². The van der Waals surface area contributed by atoms with Gasteiger partial charge in [-0.3, -0.25) is 4.79 Å². The molecule has 3 heterocycles. The van der Waals surface area contributed by atoms with Gasteiger partial charge in [-0.25, -0.2) is 4.39 Å². The van der Waals surface area contributed by atoms with Crippen molar-refractivity contribution in [2.24, 2.45) is 0 Å². The Kier molecular flexibility index (Phi) is 6.90. The third-order valence-corrected chi connectivity index (χ3v) is 7.41. The fraction of sp³-hybridized carbons (Fsp3) is 0.423. The Bertz CT molecular complexity index is 1290. The van der Waals surface area contributed by atoms with E-state index in [0.29, 0.717) is 24.1 Å². The van der Waals surface area contributed by atoms with Crippen LogP contribution in [-0.4, -0.2) is 44.3 Å². The van der Waals surface area contributed by atoms with Crippen LogP contribution in [0.3, 0.4) is 0 Å². The smallest absolute Gasteiger partial charge is 0.368 e. The van der Waals surface area contributed by atoms with Gasteiger partial charge in [0.25, 0.3) is 0 Å². The maximum absolute atomic E-state index is 13.8. The van der Waals surface area contributed by atoms with Crippen molar-refractivity contribution >= 4 is 5.91 Å². The van der Waals surface area contributed by atoms with Gasteiger partial charge in [0.1, 0.15) is 18.5 Å². The van der Waals surface area contributed by atoms with Crippen molar-refractivity contribution < 1.29 is 40.3 Å². The molecule has 0 spiro atoms. The van der Waals surface area contributed by atoms with E-state index in [1.54, 1.807) is 21.6 Å². The summed E-state index contributed by atoms with van der Waals surface area (Å²) in [5.41, 5.74) is -2.57. The average molecular weight is 556 g/mol. The lowest BCUT2D eigenvalue weighted by molar-refractivity contribution is -0.143. The Balaban J connectivity index is 1.53. The van der Waals surface area contributed by atoms with Crippen LogP contribution < -0.4 is 0 Å². The molecule has 2 saturated heterocycles. The maximum Gasteiger partial charge on any atom is 0.416 e. The van der Waals surface area contributed by atoms with Crippen molar-refractivity contribution in [2.75, 3.05) is 6.54 Å².